The van der Waals surface area contributed by atoms with Crippen molar-refractivity contribution in [2.45, 2.75) is 24.9 Å². The Morgan fingerprint density at radius 3 is 1.83 bits per heavy atom. The van der Waals surface area contributed by atoms with Gasteiger partial charge in [-0.1, -0.05) is 0 Å². The maximum Gasteiger partial charge on any atom is 0.343 e. The molecule has 1 fully saturated rings. The van der Waals surface area contributed by atoms with E-state index >= 15 is 0 Å². The number of hydrogen-bond acceptors (Lipinski definition) is 3. The standard InChI is InChI=1S/C6H9O5P/c7-4-2-1-3-5(8)6(4)12(9,10)11/h6H,1-3H2,(H2,9,10,11). The monoisotopic (exact) mass is 192 g/mol. The van der Waals surface area contributed by atoms with Crippen LogP contribution in [0.4, 0.5) is 0 Å². The number of rotatable bonds is 1. The van der Waals surface area contributed by atoms with Gasteiger partial charge >= 0.3 is 7.60 Å². The van der Waals surface area contributed by atoms with Crippen LogP contribution in [0.25, 0.3) is 0 Å². The predicted octanol–water partition coefficient (Wildman–Crippen LogP) is -0.145. The molecule has 0 heterocycles. The molecule has 0 bridgehead atoms. The topological polar surface area (TPSA) is 91.7 Å². The average Bonchev–Trinajstić information content (AvgIpc) is 1.82. The molecule has 0 spiro atoms. The van der Waals surface area contributed by atoms with E-state index in [0.717, 1.165) is 0 Å². The van der Waals surface area contributed by atoms with Gasteiger partial charge in [0.1, 0.15) is 0 Å². The molecule has 6 heteroatoms. The first-order chi connectivity index (χ1) is 5.43. The van der Waals surface area contributed by atoms with E-state index in [1.807, 2.05) is 0 Å². The number of Topliss-reactive ketones (excluding diaryl/α,β-unsaturated/α-hetero) is 2. The van der Waals surface area contributed by atoms with Gasteiger partial charge in [-0.2, -0.15) is 0 Å². The Labute approximate surface area is 68.9 Å². The van der Waals surface area contributed by atoms with Crippen LogP contribution in [-0.2, 0) is 14.2 Å². The summed E-state index contributed by atoms with van der Waals surface area (Å²) >= 11 is 0. The lowest BCUT2D eigenvalue weighted by Crippen LogP contribution is -2.33. The second kappa shape index (κ2) is 3.09. The van der Waals surface area contributed by atoms with E-state index in [4.69, 9.17) is 9.79 Å². The van der Waals surface area contributed by atoms with E-state index in [0.29, 0.717) is 6.42 Å². The van der Waals surface area contributed by atoms with Crippen LogP contribution in [-0.4, -0.2) is 27.0 Å². The van der Waals surface area contributed by atoms with Crippen LogP contribution >= 0.6 is 7.60 Å². The van der Waals surface area contributed by atoms with Gasteiger partial charge in [-0.3, -0.25) is 14.2 Å². The highest BCUT2D eigenvalue weighted by Gasteiger charge is 2.42. The van der Waals surface area contributed by atoms with Gasteiger partial charge in [0.2, 0.25) is 0 Å². The van der Waals surface area contributed by atoms with E-state index in [2.05, 4.69) is 0 Å². The molecule has 2 N–H and O–H groups in total. The number of ketones is 2. The SMILES string of the molecule is O=C1CCCC(=O)C1P(=O)(O)O. The fourth-order valence-corrected chi connectivity index (χ4v) is 2.27. The van der Waals surface area contributed by atoms with Crippen LogP contribution in [0.15, 0.2) is 0 Å². The van der Waals surface area contributed by atoms with Gasteiger partial charge in [-0.15, -0.1) is 0 Å². The summed E-state index contributed by atoms with van der Waals surface area (Å²) in [6.07, 6.45) is 0.608. The third-order valence-corrected chi connectivity index (χ3v) is 3.04. The van der Waals surface area contributed by atoms with Crippen molar-refractivity contribution in [3.8, 4) is 0 Å². The van der Waals surface area contributed by atoms with E-state index in [1.54, 1.807) is 0 Å². The first-order valence-electron chi connectivity index (χ1n) is 3.53. The van der Waals surface area contributed by atoms with Gasteiger partial charge in [0.25, 0.3) is 0 Å². The molecule has 0 aromatic rings. The third kappa shape index (κ3) is 1.80. The highest BCUT2D eigenvalue weighted by molar-refractivity contribution is 7.55. The molecule has 5 nitrogen and oxygen atoms in total. The minimum atomic E-state index is -4.55. The zero-order valence-electron chi connectivity index (χ0n) is 6.27. The summed E-state index contributed by atoms with van der Waals surface area (Å²) in [5.41, 5.74) is -1.67. The Kier molecular flexibility index (Phi) is 2.46. The van der Waals surface area contributed by atoms with E-state index in [9.17, 15) is 14.2 Å². The number of carbonyl (C=O) groups excluding carboxylic acids is 2. The fourth-order valence-electron chi connectivity index (χ4n) is 1.26. The molecular formula is C6H9O5P. The summed E-state index contributed by atoms with van der Waals surface area (Å²) < 4.78 is 10.7. The molecule has 1 aliphatic rings. The predicted molar refractivity (Wildman–Crippen MR) is 39.7 cm³/mol. The van der Waals surface area contributed by atoms with E-state index in [1.165, 1.54) is 0 Å². The van der Waals surface area contributed by atoms with Crippen LogP contribution in [0, 0.1) is 0 Å². The normalized spacial score (nSPS) is 21.5. The molecule has 0 aromatic heterocycles. The van der Waals surface area contributed by atoms with Gasteiger partial charge in [0, 0.05) is 12.8 Å². The van der Waals surface area contributed by atoms with E-state index < -0.39 is 24.8 Å². The molecule has 0 aliphatic heterocycles. The van der Waals surface area contributed by atoms with Crippen molar-refractivity contribution in [3.63, 3.8) is 0 Å². The van der Waals surface area contributed by atoms with Crippen molar-refractivity contribution >= 4 is 19.2 Å². The second-order valence-corrected chi connectivity index (χ2v) is 4.47. The smallest absolute Gasteiger partial charge is 0.324 e. The van der Waals surface area contributed by atoms with E-state index in [-0.39, 0.29) is 12.8 Å². The molecule has 0 radical (unpaired) electrons. The summed E-state index contributed by atoms with van der Waals surface area (Å²) in [5.74, 6) is -1.25. The van der Waals surface area contributed by atoms with Crippen LogP contribution < -0.4 is 0 Å². The minimum Gasteiger partial charge on any atom is -0.324 e. The maximum absolute atomic E-state index is 10.9. The maximum atomic E-state index is 10.9. The molecule has 0 saturated heterocycles. The summed E-state index contributed by atoms with van der Waals surface area (Å²) in [6.45, 7) is 0. The van der Waals surface area contributed by atoms with Crippen LogP contribution in [0.5, 0.6) is 0 Å². The summed E-state index contributed by atoms with van der Waals surface area (Å²) in [5, 5.41) is 0. The summed E-state index contributed by atoms with van der Waals surface area (Å²) in [7, 11) is -4.55. The van der Waals surface area contributed by atoms with Crippen LogP contribution in [0.2, 0.25) is 0 Å². The second-order valence-electron chi connectivity index (χ2n) is 2.78. The molecule has 12 heavy (non-hydrogen) atoms. The van der Waals surface area contributed by atoms with Crippen molar-refractivity contribution in [1.29, 1.82) is 0 Å². The first-order valence-corrected chi connectivity index (χ1v) is 5.22. The molecule has 0 atom stereocenters. The Bertz CT molecular complexity index is 249. The minimum absolute atomic E-state index is 0.0987. The van der Waals surface area contributed by atoms with Crippen molar-refractivity contribution in [2.24, 2.45) is 0 Å². The lowest BCUT2D eigenvalue weighted by atomic mass is 9.98. The highest BCUT2D eigenvalue weighted by atomic mass is 31.2. The van der Waals surface area contributed by atoms with Crippen molar-refractivity contribution in [2.75, 3.05) is 0 Å². The Balaban J connectivity index is 2.92. The third-order valence-electron chi connectivity index (χ3n) is 1.79. The van der Waals surface area contributed by atoms with Gasteiger partial charge in [0.15, 0.2) is 17.2 Å². The molecular weight excluding hydrogens is 183 g/mol. The highest BCUT2D eigenvalue weighted by Crippen LogP contribution is 2.44. The zero-order chi connectivity index (χ0) is 9.35. The molecule has 1 aliphatic carbocycles. The van der Waals surface area contributed by atoms with Crippen LogP contribution in [0.1, 0.15) is 19.3 Å². The van der Waals surface area contributed by atoms with Crippen molar-refractivity contribution in [3.05, 3.63) is 0 Å². The van der Waals surface area contributed by atoms with Crippen molar-refractivity contribution < 1.29 is 23.9 Å². The van der Waals surface area contributed by atoms with Crippen LogP contribution in [0.3, 0.4) is 0 Å². The number of carbonyl (C=O) groups is 2. The molecule has 1 saturated carbocycles. The van der Waals surface area contributed by atoms with Gasteiger partial charge < -0.3 is 9.79 Å². The average molecular weight is 192 g/mol. The fraction of sp³-hybridized carbons (Fsp3) is 0.667. The summed E-state index contributed by atoms with van der Waals surface area (Å²) in [6, 6.07) is 0. The lowest BCUT2D eigenvalue weighted by molar-refractivity contribution is -0.129. The molecule has 0 amide bonds. The Morgan fingerprint density at radius 2 is 1.58 bits per heavy atom. The molecule has 0 aromatic carbocycles. The molecule has 68 valence electrons. The summed E-state index contributed by atoms with van der Waals surface area (Å²) in [4.78, 5) is 39.2. The lowest BCUT2D eigenvalue weighted by Gasteiger charge is -2.19. The molecule has 1 rings (SSSR count). The Hall–Kier alpha value is -0.510. The largest absolute Gasteiger partial charge is 0.343 e. The van der Waals surface area contributed by atoms with Gasteiger partial charge in [-0.05, 0) is 6.42 Å². The quantitative estimate of drug-likeness (QED) is 0.445. The van der Waals surface area contributed by atoms with Crippen molar-refractivity contribution in [1.82, 2.24) is 0 Å². The van der Waals surface area contributed by atoms with Gasteiger partial charge in [0.05, 0.1) is 0 Å². The Morgan fingerprint density at radius 1 is 1.17 bits per heavy atom. The first kappa shape index (κ1) is 9.58. The van der Waals surface area contributed by atoms with Gasteiger partial charge in [-0.25, -0.2) is 0 Å². The molecule has 0 unspecified atom stereocenters. The zero-order valence-corrected chi connectivity index (χ0v) is 7.16. The number of hydrogen-bond donors (Lipinski definition) is 2.